The van der Waals surface area contributed by atoms with Gasteiger partial charge in [0.15, 0.2) is 0 Å². The van der Waals surface area contributed by atoms with Crippen LogP contribution in [0, 0.1) is 0 Å². The first-order chi connectivity index (χ1) is 11.2. The van der Waals surface area contributed by atoms with Gasteiger partial charge in [-0.2, -0.15) is 0 Å². The van der Waals surface area contributed by atoms with Gasteiger partial charge in [-0.3, -0.25) is 9.78 Å². The van der Waals surface area contributed by atoms with Crippen molar-refractivity contribution in [3.8, 4) is 11.5 Å². The number of rotatable bonds is 4. The van der Waals surface area contributed by atoms with E-state index in [2.05, 4.69) is 10.3 Å². The summed E-state index contributed by atoms with van der Waals surface area (Å²) < 4.78 is 5.70. The first kappa shape index (κ1) is 15.1. The van der Waals surface area contributed by atoms with E-state index in [-0.39, 0.29) is 5.91 Å². The van der Waals surface area contributed by atoms with Gasteiger partial charge in [0.25, 0.3) is 5.91 Å². The van der Waals surface area contributed by atoms with Crippen molar-refractivity contribution in [1.82, 2.24) is 4.98 Å². The number of carbonyl (C=O) groups excluding carboxylic acids is 1. The maximum absolute atomic E-state index is 12.1. The number of benzene rings is 2. The molecule has 3 aromatic rings. The third-order valence-corrected chi connectivity index (χ3v) is 3.40. The lowest BCUT2D eigenvalue weighted by Gasteiger charge is -2.10. The second-order valence-corrected chi connectivity index (χ2v) is 5.16. The molecule has 1 amide bonds. The van der Waals surface area contributed by atoms with E-state index in [0.29, 0.717) is 22.0 Å². The average Bonchev–Trinajstić information content (AvgIpc) is 2.59. The molecule has 23 heavy (non-hydrogen) atoms. The van der Waals surface area contributed by atoms with Gasteiger partial charge in [0.2, 0.25) is 0 Å². The molecule has 4 nitrogen and oxygen atoms in total. The van der Waals surface area contributed by atoms with Crippen LogP contribution in [-0.4, -0.2) is 10.9 Å². The van der Waals surface area contributed by atoms with E-state index in [4.69, 9.17) is 16.3 Å². The van der Waals surface area contributed by atoms with E-state index >= 15 is 0 Å². The van der Waals surface area contributed by atoms with Gasteiger partial charge in [-0.25, -0.2) is 0 Å². The molecule has 2 aromatic carbocycles. The Balaban J connectivity index is 1.73. The van der Waals surface area contributed by atoms with Crippen molar-refractivity contribution >= 4 is 23.2 Å². The number of nitrogens with zero attached hydrogens (tertiary/aromatic N) is 1. The normalized spacial score (nSPS) is 10.1. The van der Waals surface area contributed by atoms with Crippen LogP contribution in [0.3, 0.4) is 0 Å². The first-order valence-corrected chi connectivity index (χ1v) is 7.34. The van der Waals surface area contributed by atoms with Gasteiger partial charge in [0, 0.05) is 18.5 Å². The van der Waals surface area contributed by atoms with E-state index < -0.39 is 0 Å². The Morgan fingerprint density at radius 2 is 1.83 bits per heavy atom. The minimum Gasteiger partial charge on any atom is -0.457 e. The number of para-hydroxylation sites is 1. The Hall–Kier alpha value is -2.85. The number of aromatic nitrogens is 1. The highest BCUT2D eigenvalue weighted by molar-refractivity contribution is 6.34. The highest BCUT2D eigenvalue weighted by Crippen LogP contribution is 2.29. The van der Waals surface area contributed by atoms with Crippen molar-refractivity contribution in [2.24, 2.45) is 0 Å². The monoisotopic (exact) mass is 324 g/mol. The predicted octanol–water partition coefficient (Wildman–Crippen LogP) is 4.78. The van der Waals surface area contributed by atoms with Crippen LogP contribution >= 0.6 is 11.6 Å². The molecule has 114 valence electrons. The second kappa shape index (κ2) is 6.94. The first-order valence-electron chi connectivity index (χ1n) is 6.96. The minimum atomic E-state index is -0.267. The van der Waals surface area contributed by atoms with Gasteiger partial charge in [0.05, 0.1) is 16.3 Å². The summed E-state index contributed by atoms with van der Waals surface area (Å²) in [7, 11) is 0. The summed E-state index contributed by atoms with van der Waals surface area (Å²) in [6, 6.07) is 17.9. The number of hydrogen-bond acceptors (Lipinski definition) is 3. The van der Waals surface area contributed by atoms with Crippen molar-refractivity contribution in [3.63, 3.8) is 0 Å². The fourth-order valence-electron chi connectivity index (χ4n) is 1.98. The second-order valence-electron chi connectivity index (χ2n) is 4.75. The van der Waals surface area contributed by atoms with Crippen molar-refractivity contribution in [2.75, 3.05) is 5.32 Å². The van der Waals surface area contributed by atoms with Crippen LogP contribution in [0.15, 0.2) is 73.1 Å². The summed E-state index contributed by atoms with van der Waals surface area (Å²) >= 11 is 6.22. The lowest BCUT2D eigenvalue weighted by atomic mass is 10.2. The molecular weight excluding hydrogens is 312 g/mol. The topological polar surface area (TPSA) is 51.2 Å². The molecule has 0 aliphatic carbocycles. The molecule has 1 N–H and O–H groups in total. The summed E-state index contributed by atoms with van der Waals surface area (Å²) in [6.07, 6.45) is 3.11. The third-order valence-electron chi connectivity index (χ3n) is 3.09. The molecule has 0 atom stereocenters. The lowest BCUT2D eigenvalue weighted by molar-refractivity contribution is 0.102. The SMILES string of the molecule is O=C(Nc1ccc(Oc2ccccc2)cc1Cl)c1cccnc1. The van der Waals surface area contributed by atoms with Crippen LogP contribution in [0.25, 0.3) is 0 Å². The standard InChI is InChI=1S/C18H13ClN2O2/c19-16-11-15(23-14-6-2-1-3-7-14)8-9-17(16)21-18(22)13-5-4-10-20-12-13/h1-12H,(H,21,22). The van der Waals surface area contributed by atoms with Crippen LogP contribution in [0.4, 0.5) is 5.69 Å². The van der Waals surface area contributed by atoms with E-state index in [1.54, 1.807) is 36.5 Å². The van der Waals surface area contributed by atoms with Gasteiger partial charge in [-0.05, 0) is 36.4 Å². The highest BCUT2D eigenvalue weighted by atomic mass is 35.5. The van der Waals surface area contributed by atoms with Crippen LogP contribution in [0.5, 0.6) is 11.5 Å². The fourth-order valence-corrected chi connectivity index (χ4v) is 2.19. The maximum Gasteiger partial charge on any atom is 0.257 e. The zero-order valence-electron chi connectivity index (χ0n) is 12.1. The molecule has 3 rings (SSSR count). The Kier molecular flexibility index (Phi) is 4.54. The average molecular weight is 325 g/mol. The smallest absolute Gasteiger partial charge is 0.257 e. The lowest BCUT2D eigenvalue weighted by Crippen LogP contribution is -2.12. The van der Waals surface area contributed by atoms with Gasteiger partial charge >= 0.3 is 0 Å². The largest absolute Gasteiger partial charge is 0.457 e. The number of anilines is 1. The van der Waals surface area contributed by atoms with Crippen molar-refractivity contribution < 1.29 is 9.53 Å². The molecule has 0 saturated carbocycles. The Morgan fingerprint density at radius 1 is 1.00 bits per heavy atom. The minimum absolute atomic E-state index is 0.267. The molecule has 0 aliphatic heterocycles. The van der Waals surface area contributed by atoms with Gasteiger partial charge < -0.3 is 10.1 Å². The summed E-state index contributed by atoms with van der Waals surface area (Å²) in [5.74, 6) is 1.05. The van der Waals surface area contributed by atoms with Crippen LogP contribution in [-0.2, 0) is 0 Å². The number of hydrogen-bond donors (Lipinski definition) is 1. The van der Waals surface area contributed by atoms with E-state index in [1.165, 1.54) is 6.20 Å². The number of carbonyl (C=O) groups is 1. The zero-order chi connectivity index (χ0) is 16.1. The number of amides is 1. The van der Waals surface area contributed by atoms with E-state index in [1.807, 2.05) is 30.3 Å². The number of ether oxygens (including phenoxy) is 1. The van der Waals surface area contributed by atoms with Gasteiger partial charge in [-0.15, -0.1) is 0 Å². The molecule has 1 heterocycles. The Labute approximate surface area is 138 Å². The summed E-state index contributed by atoms with van der Waals surface area (Å²) in [5.41, 5.74) is 0.981. The molecule has 0 unspecified atom stereocenters. The maximum atomic E-state index is 12.1. The molecular formula is C18H13ClN2O2. The van der Waals surface area contributed by atoms with Crippen molar-refractivity contribution in [1.29, 1.82) is 0 Å². The third kappa shape index (κ3) is 3.87. The molecule has 0 aliphatic rings. The van der Waals surface area contributed by atoms with Gasteiger partial charge in [0.1, 0.15) is 11.5 Å². The fraction of sp³-hybridized carbons (Fsp3) is 0. The highest BCUT2D eigenvalue weighted by Gasteiger charge is 2.09. The van der Waals surface area contributed by atoms with Gasteiger partial charge in [-0.1, -0.05) is 29.8 Å². The molecule has 0 bridgehead atoms. The van der Waals surface area contributed by atoms with E-state index in [0.717, 1.165) is 5.75 Å². The molecule has 0 spiro atoms. The van der Waals surface area contributed by atoms with E-state index in [9.17, 15) is 4.79 Å². The quantitative estimate of drug-likeness (QED) is 0.751. The zero-order valence-corrected chi connectivity index (χ0v) is 12.8. The summed E-state index contributed by atoms with van der Waals surface area (Å²) in [5, 5.41) is 3.15. The van der Waals surface area contributed by atoms with Crippen molar-refractivity contribution in [2.45, 2.75) is 0 Å². The number of halogens is 1. The molecule has 1 aromatic heterocycles. The number of nitrogens with one attached hydrogen (secondary N) is 1. The molecule has 0 fully saturated rings. The van der Waals surface area contributed by atoms with Crippen LogP contribution in [0.2, 0.25) is 5.02 Å². The summed E-state index contributed by atoms with van der Waals surface area (Å²) in [6.45, 7) is 0. The van der Waals surface area contributed by atoms with Crippen LogP contribution < -0.4 is 10.1 Å². The van der Waals surface area contributed by atoms with Crippen molar-refractivity contribution in [3.05, 3.63) is 83.6 Å². The predicted molar refractivity (Wildman–Crippen MR) is 90.2 cm³/mol. The number of pyridine rings is 1. The summed E-state index contributed by atoms with van der Waals surface area (Å²) in [4.78, 5) is 16.0. The molecule has 0 saturated heterocycles. The molecule has 5 heteroatoms. The van der Waals surface area contributed by atoms with Crippen LogP contribution in [0.1, 0.15) is 10.4 Å². The Bertz CT molecular complexity index is 808. The molecule has 0 radical (unpaired) electrons. The Morgan fingerprint density at radius 3 is 2.52 bits per heavy atom.